The fourth-order valence-corrected chi connectivity index (χ4v) is 4.15. The van der Waals surface area contributed by atoms with Crippen LogP contribution in [-0.4, -0.2) is 47.7 Å². The van der Waals surface area contributed by atoms with E-state index in [2.05, 4.69) is 9.88 Å². The molecule has 0 atom stereocenters. The molecule has 0 aliphatic carbocycles. The third-order valence-electron chi connectivity index (χ3n) is 4.13. The topological polar surface area (TPSA) is 36.4 Å². The summed E-state index contributed by atoms with van der Waals surface area (Å²) in [7, 11) is 0. The number of hydrogen-bond donors (Lipinski definition) is 0. The number of rotatable bonds is 5. The zero-order valence-corrected chi connectivity index (χ0v) is 16.3. The lowest BCUT2D eigenvalue weighted by molar-refractivity contribution is -0.131. The molecule has 1 aromatic heterocycles. The minimum atomic E-state index is -0.245. The van der Waals surface area contributed by atoms with Gasteiger partial charge in [-0.2, -0.15) is 0 Å². The van der Waals surface area contributed by atoms with Crippen molar-refractivity contribution in [3.05, 3.63) is 52.4 Å². The van der Waals surface area contributed by atoms with Gasteiger partial charge in [0.2, 0.25) is 5.91 Å². The Morgan fingerprint density at radius 3 is 2.62 bits per heavy atom. The van der Waals surface area contributed by atoms with E-state index in [1.165, 1.54) is 17.8 Å². The normalized spacial score (nSPS) is 14.6. The van der Waals surface area contributed by atoms with Gasteiger partial charge in [0.15, 0.2) is 0 Å². The average Bonchev–Trinajstić information content (AvgIpc) is 2.63. The maximum Gasteiger partial charge on any atom is 0.223 e. The van der Waals surface area contributed by atoms with Gasteiger partial charge >= 0.3 is 0 Å². The van der Waals surface area contributed by atoms with Gasteiger partial charge < -0.3 is 9.80 Å². The number of hydrogen-bond acceptors (Lipinski definition) is 4. The number of pyridine rings is 1. The summed E-state index contributed by atoms with van der Waals surface area (Å²) in [5.41, 5.74) is 0. The first-order valence-electron chi connectivity index (χ1n) is 8.25. The average molecular weight is 414 g/mol. The highest BCUT2D eigenvalue weighted by Crippen LogP contribution is 2.27. The van der Waals surface area contributed by atoms with Gasteiger partial charge in [-0.3, -0.25) is 4.79 Å². The maximum absolute atomic E-state index is 13.6. The number of anilines is 1. The van der Waals surface area contributed by atoms with Gasteiger partial charge in [-0.15, -0.1) is 11.8 Å². The molecule has 1 fully saturated rings. The molecular formula is C18H18Cl2FN3OS. The Balaban J connectivity index is 1.47. The second-order valence-corrected chi connectivity index (χ2v) is 7.84. The highest BCUT2D eigenvalue weighted by atomic mass is 35.5. The Labute approximate surface area is 166 Å². The van der Waals surface area contributed by atoms with Gasteiger partial charge in [0, 0.05) is 49.4 Å². The fourth-order valence-electron chi connectivity index (χ4n) is 2.78. The Morgan fingerprint density at radius 2 is 1.92 bits per heavy atom. The molecule has 3 rings (SSSR count). The predicted octanol–water partition coefficient (Wildman–Crippen LogP) is 4.36. The molecule has 0 saturated carbocycles. The molecule has 2 heterocycles. The van der Waals surface area contributed by atoms with Crippen molar-refractivity contribution in [2.75, 3.05) is 36.8 Å². The number of carbonyl (C=O) groups is 1. The van der Waals surface area contributed by atoms with E-state index in [1.54, 1.807) is 30.5 Å². The molecule has 4 nitrogen and oxygen atoms in total. The van der Waals surface area contributed by atoms with E-state index in [1.807, 2.05) is 4.90 Å². The molecule has 1 amide bonds. The van der Waals surface area contributed by atoms with Gasteiger partial charge in [0.05, 0.1) is 10.0 Å². The number of halogens is 3. The molecule has 2 aromatic rings. The number of amides is 1. The fraction of sp³-hybridized carbons (Fsp3) is 0.333. The predicted molar refractivity (Wildman–Crippen MR) is 105 cm³/mol. The molecular weight excluding hydrogens is 396 g/mol. The van der Waals surface area contributed by atoms with E-state index in [9.17, 15) is 9.18 Å². The van der Waals surface area contributed by atoms with Crippen LogP contribution in [0, 0.1) is 5.82 Å². The first kappa shape index (κ1) is 19.3. The molecule has 0 unspecified atom stereocenters. The minimum Gasteiger partial charge on any atom is -0.352 e. The van der Waals surface area contributed by atoms with Crippen LogP contribution in [0.1, 0.15) is 6.42 Å². The summed E-state index contributed by atoms with van der Waals surface area (Å²) in [6.45, 7) is 2.56. The zero-order chi connectivity index (χ0) is 18.5. The summed E-state index contributed by atoms with van der Waals surface area (Å²) < 4.78 is 13.6. The minimum absolute atomic E-state index is 0.0867. The lowest BCUT2D eigenvalue weighted by Gasteiger charge is -2.35. The molecule has 0 N–H and O–H groups in total. The molecule has 0 bridgehead atoms. The van der Waals surface area contributed by atoms with Crippen LogP contribution < -0.4 is 4.90 Å². The molecule has 26 heavy (non-hydrogen) atoms. The molecule has 8 heteroatoms. The Hall–Kier alpha value is -1.50. The van der Waals surface area contributed by atoms with E-state index in [0.29, 0.717) is 59.1 Å². The van der Waals surface area contributed by atoms with Crippen LogP contribution >= 0.6 is 35.0 Å². The second-order valence-electron chi connectivity index (χ2n) is 5.86. The van der Waals surface area contributed by atoms with Gasteiger partial charge in [-0.05, 0) is 18.2 Å². The lowest BCUT2D eigenvalue weighted by atomic mass is 10.2. The summed E-state index contributed by atoms with van der Waals surface area (Å²) in [4.78, 5) is 21.1. The standard InChI is InChI=1S/C18H18Cl2FN3OS/c19-13-11-14(20)18(22-12-13)24-8-6-23(7-9-24)17(25)5-10-26-16-4-2-1-3-15(16)21/h1-4,11-12H,5-10H2. The number of aromatic nitrogens is 1. The van der Waals surface area contributed by atoms with Crippen molar-refractivity contribution in [3.63, 3.8) is 0 Å². The summed E-state index contributed by atoms with van der Waals surface area (Å²) in [6.07, 6.45) is 1.96. The zero-order valence-electron chi connectivity index (χ0n) is 14.0. The van der Waals surface area contributed by atoms with Gasteiger partial charge in [0.1, 0.15) is 11.6 Å². The Bertz CT molecular complexity index is 785. The molecule has 1 aromatic carbocycles. The van der Waals surface area contributed by atoms with Crippen molar-refractivity contribution in [1.29, 1.82) is 0 Å². The molecule has 0 spiro atoms. The number of nitrogens with zero attached hydrogens (tertiary/aromatic N) is 3. The quantitative estimate of drug-likeness (QED) is 0.682. The van der Waals surface area contributed by atoms with Crippen LogP contribution in [0.2, 0.25) is 10.0 Å². The van der Waals surface area contributed by atoms with Crippen LogP contribution in [0.15, 0.2) is 41.4 Å². The van der Waals surface area contributed by atoms with Crippen molar-refractivity contribution >= 4 is 46.7 Å². The van der Waals surface area contributed by atoms with Gasteiger partial charge in [-0.1, -0.05) is 35.3 Å². The third-order valence-corrected chi connectivity index (χ3v) is 5.67. The van der Waals surface area contributed by atoms with Crippen molar-refractivity contribution in [3.8, 4) is 0 Å². The van der Waals surface area contributed by atoms with E-state index < -0.39 is 0 Å². The largest absolute Gasteiger partial charge is 0.352 e. The molecule has 0 radical (unpaired) electrons. The number of benzene rings is 1. The molecule has 1 aliphatic heterocycles. The van der Waals surface area contributed by atoms with E-state index in [4.69, 9.17) is 23.2 Å². The van der Waals surface area contributed by atoms with Crippen molar-refractivity contribution in [2.45, 2.75) is 11.3 Å². The van der Waals surface area contributed by atoms with E-state index in [-0.39, 0.29) is 11.7 Å². The van der Waals surface area contributed by atoms with E-state index in [0.717, 1.165) is 0 Å². The summed E-state index contributed by atoms with van der Waals surface area (Å²) in [5, 5.41) is 1.01. The highest BCUT2D eigenvalue weighted by molar-refractivity contribution is 7.99. The second kappa shape index (κ2) is 8.93. The van der Waals surface area contributed by atoms with Crippen LogP contribution in [-0.2, 0) is 4.79 Å². The maximum atomic E-state index is 13.6. The molecule has 138 valence electrons. The van der Waals surface area contributed by atoms with Crippen LogP contribution in [0.25, 0.3) is 0 Å². The third kappa shape index (κ3) is 4.81. The van der Waals surface area contributed by atoms with Crippen molar-refractivity contribution < 1.29 is 9.18 Å². The molecule has 1 saturated heterocycles. The Morgan fingerprint density at radius 1 is 1.19 bits per heavy atom. The monoisotopic (exact) mass is 413 g/mol. The van der Waals surface area contributed by atoms with Crippen LogP contribution in [0.4, 0.5) is 10.2 Å². The SMILES string of the molecule is O=C(CCSc1ccccc1F)N1CCN(c2ncc(Cl)cc2Cl)CC1. The van der Waals surface area contributed by atoms with Gasteiger partial charge in [0.25, 0.3) is 0 Å². The summed E-state index contributed by atoms with van der Waals surface area (Å²) >= 11 is 13.4. The number of carbonyl (C=O) groups excluding carboxylic acids is 1. The van der Waals surface area contributed by atoms with E-state index >= 15 is 0 Å². The summed E-state index contributed by atoms with van der Waals surface area (Å²) in [6, 6.07) is 8.28. The highest BCUT2D eigenvalue weighted by Gasteiger charge is 2.23. The Kier molecular flexibility index (Phi) is 6.62. The summed E-state index contributed by atoms with van der Waals surface area (Å²) in [5.74, 6) is 1.10. The first-order valence-corrected chi connectivity index (χ1v) is 10.00. The molecule has 1 aliphatic rings. The van der Waals surface area contributed by atoms with Crippen molar-refractivity contribution in [2.24, 2.45) is 0 Å². The van der Waals surface area contributed by atoms with Gasteiger partial charge in [-0.25, -0.2) is 9.37 Å². The van der Waals surface area contributed by atoms with Crippen LogP contribution in [0.3, 0.4) is 0 Å². The number of piperazine rings is 1. The lowest BCUT2D eigenvalue weighted by Crippen LogP contribution is -2.49. The van der Waals surface area contributed by atoms with Crippen molar-refractivity contribution in [1.82, 2.24) is 9.88 Å². The number of thioether (sulfide) groups is 1. The smallest absolute Gasteiger partial charge is 0.223 e. The first-order chi connectivity index (χ1) is 12.5. The van der Waals surface area contributed by atoms with Crippen LogP contribution in [0.5, 0.6) is 0 Å².